The highest BCUT2D eigenvalue weighted by Gasteiger charge is 2.32. The maximum atomic E-state index is 12.1. The number of nitrogens with one attached hydrogen (secondary N) is 1. The van der Waals surface area contributed by atoms with Gasteiger partial charge < -0.3 is 14.8 Å². The SMILES string of the molecule is CCOC(=O)c1ccc2cc(C(=O)N[C@H]3COC3=O)ccc2c1. The smallest absolute Gasteiger partial charge is 0.338 e. The van der Waals surface area contributed by atoms with Crippen LogP contribution in [0.3, 0.4) is 0 Å². The van der Waals surface area contributed by atoms with Gasteiger partial charge in [-0.1, -0.05) is 12.1 Å². The van der Waals surface area contributed by atoms with Gasteiger partial charge in [0.15, 0.2) is 6.04 Å². The molecule has 1 saturated heterocycles. The molecular weight excluding hydrogens is 298 g/mol. The number of esters is 2. The number of carbonyl (C=O) groups excluding carboxylic acids is 3. The number of fused-ring (bicyclic) bond motifs is 1. The molecule has 0 saturated carbocycles. The molecule has 0 spiro atoms. The highest BCUT2D eigenvalue weighted by Crippen LogP contribution is 2.19. The average Bonchev–Trinajstić information content (AvgIpc) is 2.57. The fourth-order valence-corrected chi connectivity index (χ4v) is 2.31. The molecule has 0 aliphatic carbocycles. The quantitative estimate of drug-likeness (QED) is 0.868. The molecule has 2 aromatic carbocycles. The van der Waals surface area contributed by atoms with Gasteiger partial charge in [0, 0.05) is 5.56 Å². The molecule has 1 aliphatic rings. The Morgan fingerprint density at radius 2 is 1.83 bits per heavy atom. The Morgan fingerprint density at radius 3 is 2.39 bits per heavy atom. The molecule has 1 aliphatic heterocycles. The molecule has 23 heavy (non-hydrogen) atoms. The van der Waals surface area contributed by atoms with Gasteiger partial charge in [0.05, 0.1) is 12.2 Å². The van der Waals surface area contributed by atoms with Crippen LogP contribution in [0.2, 0.25) is 0 Å². The van der Waals surface area contributed by atoms with Crippen molar-refractivity contribution in [2.75, 3.05) is 13.2 Å². The van der Waals surface area contributed by atoms with Crippen LogP contribution < -0.4 is 5.32 Å². The molecule has 1 fully saturated rings. The van der Waals surface area contributed by atoms with E-state index in [0.29, 0.717) is 17.7 Å². The molecule has 0 radical (unpaired) electrons. The number of rotatable bonds is 4. The van der Waals surface area contributed by atoms with Crippen LogP contribution >= 0.6 is 0 Å². The van der Waals surface area contributed by atoms with Crippen molar-refractivity contribution in [2.45, 2.75) is 13.0 Å². The first-order valence-electron chi connectivity index (χ1n) is 7.27. The van der Waals surface area contributed by atoms with E-state index in [4.69, 9.17) is 4.74 Å². The van der Waals surface area contributed by atoms with Crippen LogP contribution in [-0.4, -0.2) is 37.1 Å². The summed E-state index contributed by atoms with van der Waals surface area (Å²) in [6.07, 6.45) is 0. The van der Waals surface area contributed by atoms with Crippen LogP contribution in [0.25, 0.3) is 10.8 Å². The van der Waals surface area contributed by atoms with Crippen molar-refractivity contribution < 1.29 is 23.9 Å². The Morgan fingerprint density at radius 1 is 1.17 bits per heavy atom. The van der Waals surface area contributed by atoms with E-state index >= 15 is 0 Å². The summed E-state index contributed by atoms with van der Waals surface area (Å²) in [5.74, 6) is -1.12. The topological polar surface area (TPSA) is 81.7 Å². The first-order valence-corrected chi connectivity index (χ1v) is 7.27. The molecule has 6 nitrogen and oxygen atoms in total. The Hall–Kier alpha value is -2.89. The number of cyclic esters (lactones) is 1. The highest BCUT2D eigenvalue weighted by molar-refractivity contribution is 6.02. The Balaban J connectivity index is 1.81. The van der Waals surface area contributed by atoms with Crippen molar-refractivity contribution >= 4 is 28.6 Å². The van der Waals surface area contributed by atoms with Crippen molar-refractivity contribution in [3.63, 3.8) is 0 Å². The van der Waals surface area contributed by atoms with Gasteiger partial charge in [0.25, 0.3) is 5.91 Å². The summed E-state index contributed by atoms with van der Waals surface area (Å²) in [4.78, 5) is 34.9. The summed E-state index contributed by atoms with van der Waals surface area (Å²) >= 11 is 0. The second-order valence-corrected chi connectivity index (χ2v) is 5.15. The van der Waals surface area contributed by atoms with Crippen molar-refractivity contribution in [1.82, 2.24) is 5.32 Å². The van der Waals surface area contributed by atoms with Crippen LogP contribution in [0.4, 0.5) is 0 Å². The monoisotopic (exact) mass is 313 g/mol. The Kier molecular flexibility index (Phi) is 3.97. The largest absolute Gasteiger partial charge is 0.462 e. The molecular formula is C17H15NO5. The molecule has 0 unspecified atom stereocenters. The third-order valence-electron chi connectivity index (χ3n) is 3.60. The second kappa shape index (κ2) is 6.08. The van der Waals surface area contributed by atoms with Gasteiger partial charge in [-0.3, -0.25) is 4.79 Å². The zero-order valence-electron chi connectivity index (χ0n) is 12.5. The molecule has 3 rings (SSSR count). The van der Waals surface area contributed by atoms with E-state index in [-0.39, 0.29) is 18.5 Å². The van der Waals surface area contributed by atoms with E-state index in [0.717, 1.165) is 10.8 Å². The number of hydrogen-bond donors (Lipinski definition) is 1. The number of amides is 1. The molecule has 1 N–H and O–H groups in total. The zero-order valence-corrected chi connectivity index (χ0v) is 12.5. The van der Waals surface area contributed by atoms with Gasteiger partial charge in [-0.25, -0.2) is 9.59 Å². The molecule has 118 valence electrons. The van der Waals surface area contributed by atoms with Gasteiger partial charge in [0.1, 0.15) is 6.61 Å². The molecule has 1 atom stereocenters. The van der Waals surface area contributed by atoms with E-state index in [1.165, 1.54) is 0 Å². The third-order valence-corrected chi connectivity index (χ3v) is 3.60. The predicted octanol–water partition coefficient (Wildman–Crippen LogP) is 1.67. The minimum Gasteiger partial charge on any atom is -0.462 e. The van der Waals surface area contributed by atoms with E-state index in [9.17, 15) is 14.4 Å². The predicted molar refractivity (Wildman–Crippen MR) is 82.1 cm³/mol. The minimum absolute atomic E-state index is 0.209. The second-order valence-electron chi connectivity index (χ2n) is 5.15. The normalized spacial score (nSPS) is 16.4. The van der Waals surface area contributed by atoms with Crippen molar-refractivity contribution in [2.24, 2.45) is 0 Å². The van der Waals surface area contributed by atoms with Crippen molar-refractivity contribution in [3.05, 3.63) is 47.5 Å². The summed E-state index contributed by atoms with van der Waals surface area (Å²) < 4.78 is 9.57. The number of hydrogen-bond acceptors (Lipinski definition) is 5. The summed E-state index contributed by atoms with van der Waals surface area (Å²) in [5, 5.41) is 4.26. The summed E-state index contributed by atoms with van der Waals surface area (Å²) in [6, 6.07) is 9.69. The Labute approximate surface area is 132 Å². The number of ether oxygens (including phenoxy) is 2. The van der Waals surface area contributed by atoms with Gasteiger partial charge >= 0.3 is 11.9 Å². The van der Waals surface area contributed by atoms with Gasteiger partial charge in [-0.15, -0.1) is 0 Å². The fourth-order valence-electron chi connectivity index (χ4n) is 2.31. The van der Waals surface area contributed by atoms with Crippen LogP contribution in [0, 0.1) is 0 Å². The van der Waals surface area contributed by atoms with E-state index < -0.39 is 12.0 Å². The lowest BCUT2D eigenvalue weighted by Gasteiger charge is -2.25. The van der Waals surface area contributed by atoms with Gasteiger partial charge in [0.2, 0.25) is 0 Å². The van der Waals surface area contributed by atoms with Crippen LogP contribution in [0.5, 0.6) is 0 Å². The Bertz CT molecular complexity index is 799. The first-order chi connectivity index (χ1) is 11.1. The molecule has 1 amide bonds. The summed E-state index contributed by atoms with van der Waals surface area (Å²) in [6.45, 7) is 2.28. The molecule has 1 heterocycles. The van der Waals surface area contributed by atoms with Crippen LogP contribution in [0.1, 0.15) is 27.6 Å². The van der Waals surface area contributed by atoms with E-state index in [1.807, 2.05) is 0 Å². The standard InChI is InChI=1S/C17H15NO5/c1-2-22-16(20)13-6-4-10-7-12(5-3-11(10)8-13)15(19)18-14-9-23-17(14)21/h3-8,14H,2,9H2,1H3,(H,18,19)/t14-/m0/s1. The van der Waals surface area contributed by atoms with Gasteiger partial charge in [-0.2, -0.15) is 0 Å². The van der Waals surface area contributed by atoms with Crippen LogP contribution in [-0.2, 0) is 14.3 Å². The summed E-state index contributed by atoms with van der Waals surface area (Å²) in [7, 11) is 0. The lowest BCUT2D eigenvalue weighted by molar-refractivity contribution is -0.162. The third kappa shape index (κ3) is 3.01. The zero-order chi connectivity index (χ0) is 16.4. The lowest BCUT2D eigenvalue weighted by atomic mass is 10.0. The maximum Gasteiger partial charge on any atom is 0.338 e. The maximum absolute atomic E-state index is 12.1. The fraction of sp³-hybridized carbons (Fsp3) is 0.235. The molecule has 0 bridgehead atoms. The van der Waals surface area contributed by atoms with Crippen molar-refractivity contribution in [3.8, 4) is 0 Å². The summed E-state index contributed by atoms with van der Waals surface area (Å²) in [5.41, 5.74) is 0.912. The minimum atomic E-state index is -0.565. The van der Waals surface area contributed by atoms with Gasteiger partial charge in [-0.05, 0) is 42.0 Å². The first kappa shape index (κ1) is 15.0. The average molecular weight is 313 g/mol. The van der Waals surface area contributed by atoms with Crippen molar-refractivity contribution in [1.29, 1.82) is 0 Å². The lowest BCUT2D eigenvalue weighted by Crippen LogP contribution is -2.52. The number of benzene rings is 2. The highest BCUT2D eigenvalue weighted by atomic mass is 16.6. The van der Waals surface area contributed by atoms with E-state index in [2.05, 4.69) is 10.1 Å². The molecule has 0 aromatic heterocycles. The number of carbonyl (C=O) groups is 3. The molecule has 6 heteroatoms. The molecule has 2 aromatic rings. The van der Waals surface area contributed by atoms with Crippen LogP contribution in [0.15, 0.2) is 36.4 Å². The van der Waals surface area contributed by atoms with E-state index in [1.54, 1.807) is 43.3 Å².